The van der Waals surface area contributed by atoms with Crippen LogP contribution in [0.15, 0.2) is 51.0 Å². The molecule has 0 bridgehead atoms. The number of benzene rings is 1. The van der Waals surface area contributed by atoms with Gasteiger partial charge in [0.15, 0.2) is 5.16 Å². The lowest BCUT2D eigenvalue weighted by Gasteiger charge is -2.12. The molecule has 3 heterocycles. The monoisotopic (exact) mass is 453 g/mol. The third-order valence-electron chi connectivity index (χ3n) is 4.99. The Morgan fingerprint density at radius 3 is 2.61 bits per heavy atom. The Morgan fingerprint density at radius 2 is 1.94 bits per heavy atom. The van der Waals surface area contributed by atoms with Gasteiger partial charge in [-0.1, -0.05) is 17.8 Å². The molecule has 160 valence electrons. The zero-order valence-electron chi connectivity index (χ0n) is 17.8. The standard InChI is InChI=1S/C23H23N3O3S2/c1-13-8-14(2)10-17(9-13)24-19(27)12-30-23-25-21-20(15(3)16(4)31-21)22(28)26(23)11-18-6-5-7-29-18/h5-10H,11-12H2,1-4H3,(H,24,27). The van der Waals surface area contributed by atoms with E-state index in [0.29, 0.717) is 21.1 Å². The van der Waals surface area contributed by atoms with Gasteiger partial charge in [0.1, 0.15) is 10.6 Å². The van der Waals surface area contributed by atoms with Crippen LogP contribution in [0.5, 0.6) is 0 Å². The fraction of sp³-hybridized carbons (Fsp3) is 0.261. The molecular weight excluding hydrogens is 430 g/mol. The molecule has 1 N–H and O–H groups in total. The van der Waals surface area contributed by atoms with Crippen LogP contribution in [-0.2, 0) is 11.3 Å². The van der Waals surface area contributed by atoms with Gasteiger partial charge in [-0.3, -0.25) is 14.2 Å². The normalized spacial score (nSPS) is 11.2. The number of nitrogens with one attached hydrogen (secondary N) is 1. The highest BCUT2D eigenvalue weighted by atomic mass is 32.2. The summed E-state index contributed by atoms with van der Waals surface area (Å²) >= 11 is 2.76. The van der Waals surface area contributed by atoms with Gasteiger partial charge < -0.3 is 9.73 Å². The molecule has 4 aromatic rings. The second-order valence-electron chi connectivity index (χ2n) is 7.54. The number of furan rings is 1. The minimum Gasteiger partial charge on any atom is -0.467 e. The minimum absolute atomic E-state index is 0.111. The van der Waals surface area contributed by atoms with Gasteiger partial charge >= 0.3 is 0 Å². The molecule has 0 aliphatic heterocycles. The summed E-state index contributed by atoms with van der Waals surface area (Å²) in [5, 5.41) is 4.08. The number of aryl methyl sites for hydroxylation is 4. The van der Waals surface area contributed by atoms with Crippen molar-refractivity contribution in [3.05, 3.63) is 74.3 Å². The first-order valence-electron chi connectivity index (χ1n) is 9.85. The van der Waals surface area contributed by atoms with E-state index < -0.39 is 0 Å². The number of nitrogens with zero attached hydrogens (tertiary/aromatic N) is 2. The molecule has 0 radical (unpaired) electrons. The van der Waals surface area contributed by atoms with E-state index in [1.165, 1.54) is 23.1 Å². The summed E-state index contributed by atoms with van der Waals surface area (Å²) in [5.41, 5.74) is 3.79. The predicted octanol–water partition coefficient (Wildman–Crippen LogP) is 5.06. The zero-order valence-corrected chi connectivity index (χ0v) is 19.4. The molecule has 0 saturated heterocycles. The van der Waals surface area contributed by atoms with Crippen LogP contribution >= 0.6 is 23.1 Å². The van der Waals surface area contributed by atoms with Crippen LogP contribution in [0.4, 0.5) is 5.69 Å². The quantitative estimate of drug-likeness (QED) is 0.326. The Kier molecular flexibility index (Phi) is 6.02. The molecular formula is C23H23N3O3S2. The van der Waals surface area contributed by atoms with Gasteiger partial charge in [-0.25, -0.2) is 4.98 Å². The summed E-state index contributed by atoms with van der Waals surface area (Å²) in [4.78, 5) is 32.4. The van der Waals surface area contributed by atoms with Crippen molar-refractivity contribution in [1.82, 2.24) is 9.55 Å². The third kappa shape index (κ3) is 4.60. The number of carbonyl (C=O) groups excluding carboxylic acids is 1. The van der Waals surface area contributed by atoms with Crippen molar-refractivity contribution in [2.75, 3.05) is 11.1 Å². The molecule has 0 unspecified atom stereocenters. The van der Waals surface area contributed by atoms with Gasteiger partial charge in [-0.05, 0) is 68.7 Å². The van der Waals surface area contributed by atoms with E-state index in [9.17, 15) is 9.59 Å². The summed E-state index contributed by atoms with van der Waals surface area (Å²) in [6.45, 7) is 8.19. The number of hydrogen-bond acceptors (Lipinski definition) is 6. The molecule has 0 aliphatic carbocycles. The van der Waals surface area contributed by atoms with Gasteiger partial charge in [0.2, 0.25) is 5.91 Å². The topological polar surface area (TPSA) is 77.1 Å². The van der Waals surface area contributed by atoms with E-state index in [0.717, 1.165) is 27.3 Å². The van der Waals surface area contributed by atoms with Crippen molar-refractivity contribution < 1.29 is 9.21 Å². The number of fused-ring (bicyclic) bond motifs is 1. The predicted molar refractivity (Wildman–Crippen MR) is 126 cm³/mol. The molecule has 0 saturated carbocycles. The van der Waals surface area contributed by atoms with Gasteiger partial charge in [0.25, 0.3) is 5.56 Å². The fourth-order valence-electron chi connectivity index (χ4n) is 3.49. The lowest BCUT2D eigenvalue weighted by Crippen LogP contribution is -2.24. The van der Waals surface area contributed by atoms with E-state index in [1.807, 2.05) is 45.9 Å². The molecule has 0 spiro atoms. The van der Waals surface area contributed by atoms with Gasteiger partial charge in [-0.15, -0.1) is 11.3 Å². The van der Waals surface area contributed by atoms with Gasteiger partial charge in [0.05, 0.1) is 23.9 Å². The highest BCUT2D eigenvalue weighted by Gasteiger charge is 2.18. The lowest BCUT2D eigenvalue weighted by atomic mass is 10.1. The van der Waals surface area contributed by atoms with Crippen molar-refractivity contribution in [1.29, 1.82) is 0 Å². The van der Waals surface area contributed by atoms with E-state index in [-0.39, 0.29) is 23.8 Å². The second-order valence-corrected chi connectivity index (χ2v) is 9.69. The smallest absolute Gasteiger partial charge is 0.263 e. The maximum Gasteiger partial charge on any atom is 0.263 e. The molecule has 0 aliphatic rings. The molecule has 1 amide bonds. The average molecular weight is 454 g/mol. The van der Waals surface area contributed by atoms with E-state index in [4.69, 9.17) is 9.40 Å². The summed E-state index contributed by atoms with van der Waals surface area (Å²) < 4.78 is 7.04. The van der Waals surface area contributed by atoms with Crippen LogP contribution in [0.3, 0.4) is 0 Å². The second kappa shape index (κ2) is 8.72. The van der Waals surface area contributed by atoms with Crippen LogP contribution in [0.25, 0.3) is 10.2 Å². The van der Waals surface area contributed by atoms with E-state index in [1.54, 1.807) is 16.9 Å². The number of thioether (sulfide) groups is 1. The van der Waals surface area contributed by atoms with Crippen LogP contribution < -0.4 is 10.9 Å². The Balaban J connectivity index is 1.62. The van der Waals surface area contributed by atoms with Gasteiger partial charge in [-0.2, -0.15) is 0 Å². The number of anilines is 1. The van der Waals surface area contributed by atoms with E-state index >= 15 is 0 Å². The number of hydrogen-bond donors (Lipinski definition) is 1. The summed E-state index contributed by atoms with van der Waals surface area (Å²) in [6, 6.07) is 9.54. The van der Waals surface area contributed by atoms with Crippen molar-refractivity contribution in [2.45, 2.75) is 39.4 Å². The zero-order chi connectivity index (χ0) is 22.1. The fourth-order valence-corrected chi connectivity index (χ4v) is 5.36. The first-order chi connectivity index (χ1) is 14.8. The Hall–Kier alpha value is -2.84. The largest absolute Gasteiger partial charge is 0.467 e. The van der Waals surface area contributed by atoms with Crippen molar-refractivity contribution in [2.24, 2.45) is 0 Å². The van der Waals surface area contributed by atoms with E-state index in [2.05, 4.69) is 11.4 Å². The Labute approximate surface area is 188 Å². The Bertz CT molecular complexity index is 1300. The number of carbonyl (C=O) groups is 1. The summed E-state index contributed by atoms with van der Waals surface area (Å²) in [6.07, 6.45) is 1.58. The first kappa shape index (κ1) is 21.4. The van der Waals surface area contributed by atoms with Crippen LogP contribution in [0.1, 0.15) is 27.3 Å². The molecule has 4 rings (SSSR count). The maximum atomic E-state index is 13.3. The molecule has 0 fully saturated rings. The SMILES string of the molecule is Cc1cc(C)cc(NC(=O)CSc2nc3sc(C)c(C)c3c(=O)n2Cc2ccco2)c1. The summed E-state index contributed by atoms with van der Waals surface area (Å²) in [5.74, 6) is 0.661. The maximum absolute atomic E-state index is 13.3. The number of amides is 1. The highest BCUT2D eigenvalue weighted by Crippen LogP contribution is 2.29. The van der Waals surface area contributed by atoms with Crippen molar-refractivity contribution in [3.8, 4) is 0 Å². The third-order valence-corrected chi connectivity index (χ3v) is 7.06. The Morgan fingerprint density at radius 1 is 1.19 bits per heavy atom. The first-order valence-corrected chi connectivity index (χ1v) is 11.7. The highest BCUT2D eigenvalue weighted by molar-refractivity contribution is 7.99. The number of thiophene rings is 1. The van der Waals surface area contributed by atoms with Crippen LogP contribution in [-0.4, -0.2) is 21.2 Å². The minimum atomic E-state index is -0.146. The van der Waals surface area contributed by atoms with Crippen molar-refractivity contribution >= 4 is 44.9 Å². The molecule has 1 aromatic carbocycles. The molecule has 3 aromatic heterocycles. The molecule has 8 heteroatoms. The molecule has 6 nitrogen and oxygen atoms in total. The molecule has 0 atom stereocenters. The average Bonchev–Trinajstić information content (AvgIpc) is 3.30. The van der Waals surface area contributed by atoms with Crippen molar-refractivity contribution in [3.63, 3.8) is 0 Å². The lowest BCUT2D eigenvalue weighted by molar-refractivity contribution is -0.113. The number of aromatic nitrogens is 2. The molecule has 31 heavy (non-hydrogen) atoms. The van der Waals surface area contributed by atoms with Crippen LogP contribution in [0.2, 0.25) is 0 Å². The number of rotatable bonds is 6. The van der Waals surface area contributed by atoms with Crippen LogP contribution in [0, 0.1) is 27.7 Å². The summed E-state index contributed by atoms with van der Waals surface area (Å²) in [7, 11) is 0. The van der Waals surface area contributed by atoms with Gasteiger partial charge in [0, 0.05) is 10.6 Å².